The van der Waals surface area contributed by atoms with Gasteiger partial charge >= 0.3 is 5.97 Å². The highest BCUT2D eigenvalue weighted by atomic mass is 16.7. The Kier molecular flexibility index (Phi) is 6.08. The molecule has 136 valence electrons. The molecule has 0 saturated carbocycles. The lowest BCUT2D eigenvalue weighted by Crippen LogP contribution is -2.71. The largest absolute Gasteiger partial charge is 0.477 e. The number of ether oxygens (including phenoxy) is 1. The highest BCUT2D eigenvalue weighted by molar-refractivity contribution is 5.76. The molecule has 0 spiro atoms. The van der Waals surface area contributed by atoms with E-state index in [0.29, 0.717) is 0 Å². The van der Waals surface area contributed by atoms with Gasteiger partial charge in [-0.05, 0) is 5.53 Å². The molecule has 1 unspecified atom stereocenters. The van der Waals surface area contributed by atoms with Gasteiger partial charge in [0.15, 0.2) is 5.72 Å². The molecular weight excluding hydrogens is 332 g/mol. The minimum atomic E-state index is -3.00. The van der Waals surface area contributed by atoms with Crippen LogP contribution in [0.15, 0.2) is 5.11 Å². The predicted octanol–water partition coefficient (Wildman–Crippen LogP) is -3.23. The first-order valence-corrected chi connectivity index (χ1v) is 6.68. The van der Waals surface area contributed by atoms with Gasteiger partial charge in [-0.3, -0.25) is 4.79 Å². The fraction of sp³-hybridized carbons (Fsp3) is 0.818. The van der Waals surface area contributed by atoms with Gasteiger partial charge in [0.25, 0.3) is 5.79 Å². The van der Waals surface area contributed by atoms with Crippen molar-refractivity contribution in [2.24, 2.45) is 5.11 Å². The predicted molar refractivity (Wildman–Crippen MR) is 72.9 cm³/mol. The van der Waals surface area contributed by atoms with Gasteiger partial charge in [0.2, 0.25) is 5.91 Å². The zero-order valence-corrected chi connectivity index (χ0v) is 12.5. The second-order valence-corrected chi connectivity index (χ2v) is 5.30. The van der Waals surface area contributed by atoms with E-state index in [-0.39, 0.29) is 0 Å². The van der Waals surface area contributed by atoms with Crippen LogP contribution in [0.4, 0.5) is 0 Å². The lowest BCUT2D eigenvalue weighted by Gasteiger charge is -2.47. The zero-order valence-electron chi connectivity index (χ0n) is 12.5. The average molecular weight is 350 g/mol. The number of rotatable bonds is 6. The summed E-state index contributed by atoms with van der Waals surface area (Å²) < 4.78 is 4.86. The second kappa shape index (κ2) is 7.27. The molecule has 0 aliphatic carbocycles. The standard InChI is InChI=1S/C11H18N4O9/c1-4(17)13-7-5(18)2-10(22,9(20)21)24-8(7)11(23,14-15-12)6(19)3-16/h5-8,16,18-19,22-23H,2-3H2,1H3,(H,13,17)(H,20,21)/t5-,6+,7+,8+,10?,11+/m0/s1. The van der Waals surface area contributed by atoms with Crippen LogP contribution in [0.25, 0.3) is 10.4 Å². The van der Waals surface area contributed by atoms with E-state index in [1.54, 1.807) is 0 Å². The Bertz CT molecular complexity index is 554. The molecule has 6 atom stereocenters. The summed E-state index contributed by atoms with van der Waals surface area (Å²) in [4.78, 5) is 24.7. The van der Waals surface area contributed by atoms with Gasteiger partial charge in [0.05, 0.1) is 18.8 Å². The minimum absolute atomic E-state index is 0.727. The van der Waals surface area contributed by atoms with Gasteiger partial charge in [-0.1, -0.05) is 5.11 Å². The third-order valence-corrected chi connectivity index (χ3v) is 3.54. The van der Waals surface area contributed by atoms with Crippen molar-refractivity contribution in [1.82, 2.24) is 5.32 Å². The summed E-state index contributed by atoms with van der Waals surface area (Å²) in [5.41, 5.74) is 5.57. The Morgan fingerprint density at radius 2 is 2.17 bits per heavy atom. The van der Waals surface area contributed by atoms with E-state index in [9.17, 15) is 30.0 Å². The Hall–Kier alpha value is -1.99. The summed E-state index contributed by atoms with van der Waals surface area (Å²) in [6, 6.07) is -1.56. The van der Waals surface area contributed by atoms with Crippen molar-refractivity contribution in [2.45, 2.75) is 49.2 Å². The number of nitrogens with one attached hydrogen (secondary N) is 1. The molecule has 1 amide bonds. The fourth-order valence-corrected chi connectivity index (χ4v) is 2.36. The van der Waals surface area contributed by atoms with Crippen molar-refractivity contribution >= 4 is 11.9 Å². The SMILES string of the molecule is CC(=O)N[C@H]1[C@H]([C@@](O)(N=[N+]=[N-])[C@H](O)CO)OC(O)(C(=O)O)C[C@@H]1O. The average Bonchev–Trinajstić information content (AvgIpc) is 2.48. The summed E-state index contributed by atoms with van der Waals surface area (Å²) in [5.74, 6) is -5.64. The number of hydrogen-bond acceptors (Lipinski definition) is 9. The van der Waals surface area contributed by atoms with Gasteiger partial charge < -0.3 is 40.7 Å². The molecule has 13 heteroatoms. The van der Waals surface area contributed by atoms with E-state index >= 15 is 0 Å². The minimum Gasteiger partial charge on any atom is -0.477 e. The molecule has 0 bridgehead atoms. The summed E-state index contributed by atoms with van der Waals surface area (Å²) in [5, 5.41) is 63.2. The highest BCUT2D eigenvalue weighted by Crippen LogP contribution is 2.35. The molecule has 24 heavy (non-hydrogen) atoms. The molecule has 13 nitrogen and oxygen atoms in total. The molecule has 1 fully saturated rings. The maximum Gasteiger partial charge on any atom is 0.364 e. The van der Waals surface area contributed by atoms with E-state index in [2.05, 4.69) is 15.3 Å². The molecular formula is C11H18N4O9. The molecule has 1 aliphatic rings. The molecule has 1 aliphatic heterocycles. The second-order valence-electron chi connectivity index (χ2n) is 5.30. The Labute approximate surface area is 134 Å². The van der Waals surface area contributed by atoms with Crippen molar-refractivity contribution in [3.8, 4) is 0 Å². The number of azide groups is 1. The Morgan fingerprint density at radius 3 is 2.58 bits per heavy atom. The molecule has 0 radical (unpaired) electrons. The number of aliphatic carboxylic acids is 1. The van der Waals surface area contributed by atoms with Crippen molar-refractivity contribution in [3.63, 3.8) is 0 Å². The van der Waals surface area contributed by atoms with Gasteiger partial charge in [0.1, 0.15) is 12.2 Å². The number of carbonyl (C=O) groups excluding carboxylic acids is 1. The van der Waals surface area contributed by atoms with Crippen molar-refractivity contribution in [1.29, 1.82) is 0 Å². The number of amides is 1. The van der Waals surface area contributed by atoms with Crippen LogP contribution in [0, 0.1) is 0 Å². The normalized spacial score (nSPS) is 33.7. The number of hydrogen-bond donors (Lipinski definition) is 7. The molecule has 0 aromatic heterocycles. The summed E-state index contributed by atoms with van der Waals surface area (Å²) in [7, 11) is 0. The number of aliphatic hydroxyl groups is 5. The highest BCUT2D eigenvalue weighted by Gasteiger charge is 2.59. The van der Waals surface area contributed by atoms with E-state index < -0.39 is 60.8 Å². The number of carboxylic acid groups (broad SMARTS) is 1. The summed E-state index contributed by atoms with van der Waals surface area (Å²) in [6.45, 7) is -0.0966. The molecule has 1 heterocycles. The summed E-state index contributed by atoms with van der Waals surface area (Å²) >= 11 is 0. The van der Waals surface area contributed by atoms with Crippen molar-refractivity contribution < 1.29 is 45.0 Å². The number of nitrogens with zero attached hydrogens (tertiary/aromatic N) is 3. The molecule has 0 aromatic carbocycles. The van der Waals surface area contributed by atoms with Crippen LogP contribution in [0.3, 0.4) is 0 Å². The van der Waals surface area contributed by atoms with Crippen molar-refractivity contribution in [3.05, 3.63) is 10.4 Å². The summed E-state index contributed by atoms with van der Waals surface area (Å²) in [6.07, 6.45) is -6.90. The first-order valence-electron chi connectivity index (χ1n) is 6.68. The maximum atomic E-state index is 11.3. The Balaban J connectivity index is 3.42. The first-order chi connectivity index (χ1) is 11.0. The molecule has 7 N–H and O–H groups in total. The first kappa shape index (κ1) is 20.1. The third-order valence-electron chi connectivity index (χ3n) is 3.54. The molecule has 1 rings (SSSR count). The quantitative estimate of drug-likeness (QED) is 0.145. The van der Waals surface area contributed by atoms with Crippen LogP contribution in [-0.4, -0.2) is 85.0 Å². The van der Waals surface area contributed by atoms with E-state index in [1.165, 1.54) is 0 Å². The topological polar surface area (TPSA) is 226 Å². The number of carboxylic acids is 1. The van der Waals surface area contributed by atoms with E-state index in [4.69, 9.17) is 20.5 Å². The van der Waals surface area contributed by atoms with Crippen molar-refractivity contribution in [2.75, 3.05) is 6.61 Å². The van der Waals surface area contributed by atoms with Crippen LogP contribution < -0.4 is 5.32 Å². The lowest BCUT2D eigenvalue weighted by molar-refractivity contribution is -0.313. The van der Waals surface area contributed by atoms with Gasteiger partial charge in [-0.25, -0.2) is 4.79 Å². The maximum absolute atomic E-state index is 11.3. The smallest absolute Gasteiger partial charge is 0.364 e. The number of aliphatic hydroxyl groups excluding tert-OH is 3. The van der Waals surface area contributed by atoms with E-state index in [0.717, 1.165) is 6.92 Å². The third kappa shape index (κ3) is 3.73. The van der Waals surface area contributed by atoms with Crippen LogP contribution in [-0.2, 0) is 14.3 Å². The fourth-order valence-electron chi connectivity index (χ4n) is 2.36. The van der Waals surface area contributed by atoms with E-state index in [1.807, 2.05) is 0 Å². The lowest BCUT2D eigenvalue weighted by atomic mass is 9.85. The van der Waals surface area contributed by atoms with Gasteiger partial charge in [0, 0.05) is 18.3 Å². The van der Waals surface area contributed by atoms with Gasteiger partial charge in [-0.2, -0.15) is 0 Å². The molecule has 0 aromatic rings. The molecule has 1 saturated heterocycles. The monoisotopic (exact) mass is 350 g/mol. The zero-order chi connectivity index (χ0) is 18.7. The van der Waals surface area contributed by atoms with Gasteiger partial charge in [-0.15, -0.1) is 0 Å². The van der Waals surface area contributed by atoms with Crippen LogP contribution in [0.5, 0.6) is 0 Å². The Morgan fingerprint density at radius 1 is 1.58 bits per heavy atom. The van der Waals surface area contributed by atoms with Crippen LogP contribution in [0.1, 0.15) is 13.3 Å². The van der Waals surface area contributed by atoms with Crippen LogP contribution in [0.2, 0.25) is 0 Å². The number of carbonyl (C=O) groups is 2. The van der Waals surface area contributed by atoms with Crippen LogP contribution >= 0.6 is 0 Å².